The van der Waals surface area contributed by atoms with Crippen LogP contribution in [0.15, 0.2) is 0 Å². The molecule has 1 aromatic heterocycles. The van der Waals surface area contributed by atoms with Crippen molar-refractivity contribution in [3.05, 3.63) is 10.6 Å². The van der Waals surface area contributed by atoms with Crippen molar-refractivity contribution < 1.29 is 9.53 Å². The second kappa shape index (κ2) is 5.18. The van der Waals surface area contributed by atoms with E-state index in [1.807, 2.05) is 6.26 Å². The Morgan fingerprint density at radius 2 is 2.46 bits per heavy atom. The number of esters is 1. The van der Waals surface area contributed by atoms with E-state index < -0.39 is 0 Å². The third kappa shape index (κ3) is 2.67. The summed E-state index contributed by atoms with van der Waals surface area (Å²) in [5.41, 5.74) is 0.718. The third-order valence-corrected chi connectivity index (χ3v) is 2.61. The molecular weight excluding hydrogens is 208 g/mol. The quantitative estimate of drug-likeness (QED) is 0.718. The van der Waals surface area contributed by atoms with Gasteiger partial charge in [0, 0.05) is 5.75 Å². The van der Waals surface area contributed by atoms with Gasteiger partial charge in [-0.25, -0.2) is 4.79 Å². The molecule has 0 unspecified atom stereocenters. The minimum atomic E-state index is -0.318. The molecule has 0 aliphatic rings. The predicted octanol–water partition coefficient (Wildman–Crippen LogP) is 1.58. The summed E-state index contributed by atoms with van der Waals surface area (Å²) >= 11 is 2.69. The number of carbonyl (C=O) groups is 1. The first kappa shape index (κ1) is 10.5. The van der Waals surface area contributed by atoms with Crippen LogP contribution in [0.25, 0.3) is 0 Å². The van der Waals surface area contributed by atoms with Gasteiger partial charge in [0.15, 0.2) is 4.88 Å². The van der Waals surface area contributed by atoms with E-state index in [-0.39, 0.29) is 5.97 Å². The lowest BCUT2D eigenvalue weighted by atomic mass is 10.4. The minimum Gasteiger partial charge on any atom is -0.462 e. The molecule has 0 N–H and O–H groups in total. The molecule has 0 aromatic carbocycles. The molecule has 0 bridgehead atoms. The molecule has 0 saturated heterocycles. The average molecular weight is 218 g/mol. The Morgan fingerprint density at radius 3 is 3.08 bits per heavy atom. The second-order valence-electron chi connectivity index (χ2n) is 2.20. The SMILES string of the molecule is CCOC(=O)c1snnc1CSC. The van der Waals surface area contributed by atoms with Crippen molar-refractivity contribution in [1.29, 1.82) is 0 Å². The van der Waals surface area contributed by atoms with Gasteiger partial charge in [-0.05, 0) is 24.7 Å². The monoisotopic (exact) mass is 218 g/mol. The zero-order valence-corrected chi connectivity index (χ0v) is 9.07. The second-order valence-corrected chi connectivity index (χ2v) is 3.82. The number of aromatic nitrogens is 2. The fourth-order valence-corrected chi connectivity index (χ4v) is 1.93. The molecule has 0 amide bonds. The van der Waals surface area contributed by atoms with Crippen molar-refractivity contribution in [2.24, 2.45) is 0 Å². The summed E-state index contributed by atoms with van der Waals surface area (Å²) in [6.45, 7) is 2.16. The maximum atomic E-state index is 11.3. The number of nitrogens with zero attached hydrogens (tertiary/aromatic N) is 2. The first-order valence-electron chi connectivity index (χ1n) is 3.76. The molecule has 6 heteroatoms. The Bertz CT molecular complexity index is 288. The molecule has 0 saturated carbocycles. The molecule has 0 radical (unpaired) electrons. The number of rotatable bonds is 4. The van der Waals surface area contributed by atoms with E-state index in [1.54, 1.807) is 18.7 Å². The van der Waals surface area contributed by atoms with Gasteiger partial charge in [-0.2, -0.15) is 11.8 Å². The molecule has 4 nitrogen and oxygen atoms in total. The van der Waals surface area contributed by atoms with Crippen LogP contribution in [0.3, 0.4) is 0 Å². The van der Waals surface area contributed by atoms with Crippen molar-refractivity contribution in [2.75, 3.05) is 12.9 Å². The van der Waals surface area contributed by atoms with Crippen LogP contribution in [0.5, 0.6) is 0 Å². The van der Waals surface area contributed by atoms with Crippen LogP contribution in [0.1, 0.15) is 22.3 Å². The van der Waals surface area contributed by atoms with Crippen LogP contribution in [-0.2, 0) is 10.5 Å². The van der Waals surface area contributed by atoms with Crippen molar-refractivity contribution >= 4 is 29.3 Å². The van der Waals surface area contributed by atoms with Gasteiger partial charge < -0.3 is 4.74 Å². The van der Waals surface area contributed by atoms with Gasteiger partial charge in [-0.1, -0.05) is 4.49 Å². The van der Waals surface area contributed by atoms with Gasteiger partial charge in [-0.3, -0.25) is 0 Å². The Hall–Kier alpha value is -0.620. The van der Waals surface area contributed by atoms with Crippen molar-refractivity contribution in [1.82, 2.24) is 9.59 Å². The molecular formula is C7H10N2O2S2. The largest absolute Gasteiger partial charge is 0.462 e. The van der Waals surface area contributed by atoms with E-state index in [0.717, 1.165) is 17.2 Å². The fourth-order valence-electron chi connectivity index (χ4n) is 0.791. The topological polar surface area (TPSA) is 52.1 Å². The molecule has 1 aromatic rings. The Morgan fingerprint density at radius 1 is 1.69 bits per heavy atom. The summed E-state index contributed by atoms with van der Waals surface area (Å²) < 4.78 is 8.58. The van der Waals surface area contributed by atoms with E-state index in [1.165, 1.54) is 0 Å². The zero-order valence-electron chi connectivity index (χ0n) is 7.44. The van der Waals surface area contributed by atoms with E-state index in [9.17, 15) is 4.79 Å². The van der Waals surface area contributed by atoms with Gasteiger partial charge in [0.25, 0.3) is 0 Å². The van der Waals surface area contributed by atoms with Crippen LogP contribution in [0.2, 0.25) is 0 Å². The van der Waals surface area contributed by atoms with Crippen LogP contribution in [0.4, 0.5) is 0 Å². The summed E-state index contributed by atoms with van der Waals surface area (Å²) in [4.78, 5) is 11.8. The van der Waals surface area contributed by atoms with Gasteiger partial charge in [0.1, 0.15) is 5.69 Å². The van der Waals surface area contributed by atoms with Crippen LogP contribution in [0, 0.1) is 0 Å². The lowest BCUT2D eigenvalue weighted by Crippen LogP contribution is -2.05. The number of hydrogen-bond acceptors (Lipinski definition) is 6. The predicted molar refractivity (Wildman–Crippen MR) is 53.1 cm³/mol. The zero-order chi connectivity index (χ0) is 9.68. The maximum absolute atomic E-state index is 11.3. The van der Waals surface area contributed by atoms with Crippen LogP contribution in [-0.4, -0.2) is 28.4 Å². The van der Waals surface area contributed by atoms with Crippen molar-refractivity contribution in [2.45, 2.75) is 12.7 Å². The highest BCUT2D eigenvalue weighted by Crippen LogP contribution is 2.16. The minimum absolute atomic E-state index is 0.318. The first-order chi connectivity index (χ1) is 6.29. The molecule has 0 fully saturated rings. The molecule has 72 valence electrons. The van der Waals surface area contributed by atoms with Crippen LogP contribution < -0.4 is 0 Å². The van der Waals surface area contributed by atoms with Crippen LogP contribution >= 0.6 is 23.3 Å². The Kier molecular flexibility index (Phi) is 4.17. The standard InChI is InChI=1S/C7H10N2O2S2/c1-3-11-7(10)6-5(4-12-2)8-9-13-6/h3-4H2,1-2H3. The molecule has 1 rings (SSSR count). The molecule has 0 aliphatic heterocycles. The average Bonchev–Trinajstić information content (AvgIpc) is 2.54. The highest BCUT2D eigenvalue weighted by atomic mass is 32.2. The van der Waals surface area contributed by atoms with Crippen molar-refractivity contribution in [3.8, 4) is 0 Å². The summed E-state index contributed by atoms with van der Waals surface area (Å²) in [6.07, 6.45) is 1.95. The molecule has 1 heterocycles. The summed E-state index contributed by atoms with van der Waals surface area (Å²) in [5.74, 6) is 0.381. The number of thioether (sulfide) groups is 1. The molecule has 0 atom stereocenters. The van der Waals surface area contributed by atoms with E-state index in [2.05, 4.69) is 9.59 Å². The number of hydrogen-bond donors (Lipinski definition) is 0. The van der Waals surface area contributed by atoms with Crippen molar-refractivity contribution in [3.63, 3.8) is 0 Å². The van der Waals surface area contributed by atoms with E-state index in [0.29, 0.717) is 17.2 Å². The van der Waals surface area contributed by atoms with Gasteiger partial charge in [-0.15, -0.1) is 5.10 Å². The highest BCUT2D eigenvalue weighted by molar-refractivity contribution is 7.97. The number of ether oxygens (including phenoxy) is 1. The molecule has 0 aliphatic carbocycles. The maximum Gasteiger partial charge on any atom is 0.351 e. The molecule has 13 heavy (non-hydrogen) atoms. The van der Waals surface area contributed by atoms with Gasteiger partial charge >= 0.3 is 5.97 Å². The Labute approximate surface area is 84.8 Å². The fraction of sp³-hybridized carbons (Fsp3) is 0.571. The molecule has 0 spiro atoms. The lowest BCUT2D eigenvalue weighted by molar-refractivity contribution is 0.0531. The summed E-state index contributed by atoms with van der Waals surface area (Å²) in [6, 6.07) is 0. The van der Waals surface area contributed by atoms with E-state index in [4.69, 9.17) is 4.74 Å². The van der Waals surface area contributed by atoms with Gasteiger partial charge in [0.2, 0.25) is 0 Å². The Balaban J connectivity index is 2.74. The van der Waals surface area contributed by atoms with E-state index >= 15 is 0 Å². The summed E-state index contributed by atoms with van der Waals surface area (Å²) in [7, 11) is 0. The first-order valence-corrected chi connectivity index (χ1v) is 5.93. The summed E-state index contributed by atoms with van der Waals surface area (Å²) in [5, 5.41) is 3.86. The smallest absolute Gasteiger partial charge is 0.351 e. The van der Waals surface area contributed by atoms with Gasteiger partial charge in [0.05, 0.1) is 6.61 Å². The lowest BCUT2D eigenvalue weighted by Gasteiger charge is -1.98. The third-order valence-electron chi connectivity index (χ3n) is 1.30. The normalized spacial score (nSPS) is 10.0. The number of carbonyl (C=O) groups excluding carboxylic acids is 1. The highest BCUT2D eigenvalue weighted by Gasteiger charge is 2.16.